The van der Waals surface area contributed by atoms with E-state index in [1.54, 1.807) is 31.6 Å². The molecule has 0 bridgehead atoms. The van der Waals surface area contributed by atoms with Gasteiger partial charge in [0.15, 0.2) is 0 Å². The average Bonchev–Trinajstić information content (AvgIpc) is 3.24. The molecule has 1 fully saturated rings. The van der Waals surface area contributed by atoms with Crippen molar-refractivity contribution in [3.63, 3.8) is 0 Å². The highest BCUT2D eigenvalue weighted by Gasteiger charge is 2.24. The zero-order valence-electron chi connectivity index (χ0n) is 21.0. The van der Waals surface area contributed by atoms with Crippen LogP contribution in [0.2, 0.25) is 5.02 Å². The fourth-order valence-electron chi connectivity index (χ4n) is 4.82. The zero-order chi connectivity index (χ0) is 25.8. The van der Waals surface area contributed by atoms with E-state index in [-0.39, 0.29) is 5.91 Å². The number of para-hydroxylation sites is 2. The number of carbonyl (C=O) groups excluding carboxylic acids is 1. The van der Waals surface area contributed by atoms with Crippen molar-refractivity contribution in [1.82, 2.24) is 14.9 Å². The number of aryl methyl sites for hydroxylation is 1. The van der Waals surface area contributed by atoms with Crippen molar-refractivity contribution < 1.29 is 9.53 Å². The molecular weight excluding hydrogens is 486 g/mol. The first kappa shape index (κ1) is 24.9. The normalized spacial score (nSPS) is 14.0. The molecule has 0 radical (unpaired) electrons. The number of halogens is 1. The van der Waals surface area contributed by atoms with Gasteiger partial charge in [-0.1, -0.05) is 35.9 Å². The summed E-state index contributed by atoms with van der Waals surface area (Å²) in [5, 5.41) is 3.85. The van der Waals surface area contributed by atoms with E-state index in [4.69, 9.17) is 16.3 Å². The molecule has 0 unspecified atom stereocenters. The van der Waals surface area contributed by atoms with Gasteiger partial charge >= 0.3 is 0 Å². The van der Waals surface area contributed by atoms with Crippen LogP contribution in [-0.4, -0.2) is 54.1 Å². The van der Waals surface area contributed by atoms with E-state index in [9.17, 15) is 4.79 Å². The number of aromatic nitrogens is 2. The number of anilines is 2. The van der Waals surface area contributed by atoms with E-state index >= 15 is 0 Å². The topological polar surface area (TPSA) is 73.5 Å². The lowest BCUT2D eigenvalue weighted by Gasteiger charge is -2.36. The quantitative estimate of drug-likeness (QED) is 0.334. The van der Waals surface area contributed by atoms with Gasteiger partial charge in [-0.15, -0.1) is 0 Å². The second-order valence-electron chi connectivity index (χ2n) is 9.11. The van der Waals surface area contributed by atoms with Crippen LogP contribution in [0.3, 0.4) is 0 Å². The molecule has 0 spiro atoms. The summed E-state index contributed by atoms with van der Waals surface area (Å²) in [6.45, 7) is 6.25. The van der Waals surface area contributed by atoms with Crippen LogP contribution < -0.4 is 15.0 Å². The Morgan fingerprint density at radius 3 is 2.43 bits per heavy atom. The molecule has 2 N–H and O–H groups in total. The predicted molar refractivity (Wildman–Crippen MR) is 149 cm³/mol. The highest BCUT2D eigenvalue weighted by atomic mass is 35.5. The predicted octanol–water partition coefficient (Wildman–Crippen LogP) is 5.62. The van der Waals surface area contributed by atoms with Crippen molar-refractivity contribution in [2.24, 2.45) is 0 Å². The van der Waals surface area contributed by atoms with Crippen molar-refractivity contribution >= 4 is 28.9 Å². The Morgan fingerprint density at radius 1 is 1.03 bits per heavy atom. The average molecular weight is 516 g/mol. The minimum Gasteiger partial charge on any atom is -0.495 e. The number of amides is 1. The van der Waals surface area contributed by atoms with Gasteiger partial charge < -0.3 is 19.9 Å². The van der Waals surface area contributed by atoms with Gasteiger partial charge in [0.25, 0.3) is 5.91 Å². The number of H-pyrrole nitrogens is 1. The van der Waals surface area contributed by atoms with Gasteiger partial charge in [0.05, 0.1) is 24.2 Å². The Morgan fingerprint density at radius 2 is 1.73 bits per heavy atom. The summed E-state index contributed by atoms with van der Waals surface area (Å²) in [7, 11) is 1.71. The third-order valence-electron chi connectivity index (χ3n) is 6.78. The van der Waals surface area contributed by atoms with Crippen LogP contribution in [0.25, 0.3) is 11.3 Å². The summed E-state index contributed by atoms with van der Waals surface area (Å²) in [4.78, 5) is 25.4. The first-order valence-corrected chi connectivity index (χ1v) is 12.7. The molecule has 7 nitrogen and oxygen atoms in total. The molecule has 1 aliphatic rings. The molecular formula is C29H30ClN5O2. The van der Waals surface area contributed by atoms with Crippen molar-refractivity contribution in [3.8, 4) is 17.0 Å². The number of pyridine rings is 1. The van der Waals surface area contributed by atoms with Crippen LogP contribution in [0, 0.1) is 6.92 Å². The molecule has 3 heterocycles. The number of hydrogen-bond donors (Lipinski definition) is 2. The Labute approximate surface area is 222 Å². The lowest BCUT2D eigenvalue weighted by molar-refractivity contribution is 0.102. The maximum atomic E-state index is 13.1. The van der Waals surface area contributed by atoms with Crippen LogP contribution in [0.5, 0.6) is 5.75 Å². The van der Waals surface area contributed by atoms with E-state index in [1.165, 1.54) is 0 Å². The molecule has 0 atom stereocenters. The second-order valence-corrected chi connectivity index (χ2v) is 9.55. The third-order valence-corrected chi connectivity index (χ3v) is 7.04. The Bertz CT molecular complexity index is 1360. The monoisotopic (exact) mass is 515 g/mol. The molecule has 4 aromatic rings. The summed E-state index contributed by atoms with van der Waals surface area (Å²) >= 11 is 6.16. The molecule has 5 rings (SSSR count). The van der Waals surface area contributed by atoms with Crippen LogP contribution in [0.15, 0.2) is 73.1 Å². The fraction of sp³-hybridized carbons (Fsp3) is 0.241. The molecule has 0 aliphatic carbocycles. The smallest absolute Gasteiger partial charge is 0.255 e. The molecule has 2 aromatic carbocycles. The van der Waals surface area contributed by atoms with Gasteiger partial charge in [-0.25, -0.2) is 0 Å². The van der Waals surface area contributed by atoms with Gasteiger partial charge in [0.2, 0.25) is 0 Å². The van der Waals surface area contributed by atoms with E-state index in [0.717, 1.165) is 65.8 Å². The van der Waals surface area contributed by atoms with Crippen LogP contribution >= 0.6 is 11.6 Å². The van der Waals surface area contributed by atoms with Gasteiger partial charge in [0.1, 0.15) is 5.75 Å². The van der Waals surface area contributed by atoms with E-state index in [0.29, 0.717) is 17.1 Å². The molecule has 37 heavy (non-hydrogen) atoms. The van der Waals surface area contributed by atoms with E-state index in [2.05, 4.69) is 31.2 Å². The molecule has 190 valence electrons. The minimum absolute atomic E-state index is 0.158. The lowest BCUT2D eigenvalue weighted by atomic mass is 10.1. The molecule has 2 aromatic heterocycles. The Kier molecular flexibility index (Phi) is 7.44. The SMILES string of the molecule is COc1ccccc1N1CCN(Cc2c(-c3ccc(Cl)cc3)[nH]c(C)c2NC(=O)c2ccncc2)CC1. The van der Waals surface area contributed by atoms with Crippen molar-refractivity contribution in [1.29, 1.82) is 0 Å². The number of rotatable bonds is 7. The number of nitrogens with zero attached hydrogens (tertiary/aromatic N) is 3. The number of hydrogen-bond acceptors (Lipinski definition) is 5. The Balaban J connectivity index is 1.40. The summed E-state index contributed by atoms with van der Waals surface area (Å²) in [6.07, 6.45) is 3.25. The van der Waals surface area contributed by atoms with Crippen molar-refractivity contribution in [2.75, 3.05) is 43.5 Å². The lowest BCUT2D eigenvalue weighted by Crippen LogP contribution is -2.46. The first-order chi connectivity index (χ1) is 18.0. The minimum atomic E-state index is -0.158. The Hall–Kier alpha value is -3.81. The number of aromatic amines is 1. The highest BCUT2D eigenvalue weighted by molar-refractivity contribution is 6.30. The van der Waals surface area contributed by atoms with Gasteiger partial charge in [-0.3, -0.25) is 14.7 Å². The van der Waals surface area contributed by atoms with Gasteiger partial charge in [-0.2, -0.15) is 0 Å². The van der Waals surface area contributed by atoms with Gasteiger partial charge in [0, 0.05) is 67.0 Å². The summed E-state index contributed by atoms with van der Waals surface area (Å²) in [6, 6.07) is 19.4. The highest BCUT2D eigenvalue weighted by Crippen LogP contribution is 2.35. The number of methoxy groups -OCH3 is 1. The molecule has 1 saturated heterocycles. The summed E-state index contributed by atoms with van der Waals surface area (Å²) in [5.74, 6) is 0.734. The first-order valence-electron chi connectivity index (χ1n) is 12.3. The van der Waals surface area contributed by atoms with Crippen molar-refractivity contribution in [2.45, 2.75) is 13.5 Å². The molecule has 1 aliphatic heterocycles. The molecule has 8 heteroatoms. The number of piperazine rings is 1. The standard InChI is InChI=1S/C29H30ClN5O2/c1-20-27(33-29(36)22-11-13-31-14-12-22)24(28(32-20)21-7-9-23(30)10-8-21)19-34-15-17-35(18-16-34)25-5-3-4-6-26(25)37-2/h3-14,32H,15-19H2,1-2H3,(H,33,36). The maximum absolute atomic E-state index is 13.1. The van der Waals surface area contributed by atoms with Crippen LogP contribution in [-0.2, 0) is 6.54 Å². The van der Waals surface area contributed by atoms with Crippen molar-refractivity contribution in [3.05, 3.63) is 94.9 Å². The zero-order valence-corrected chi connectivity index (χ0v) is 21.8. The number of carbonyl (C=O) groups is 1. The third kappa shape index (κ3) is 5.48. The van der Waals surface area contributed by atoms with Crippen LogP contribution in [0.1, 0.15) is 21.6 Å². The largest absolute Gasteiger partial charge is 0.495 e. The summed E-state index contributed by atoms with van der Waals surface area (Å²) in [5.41, 5.74) is 6.50. The van der Waals surface area contributed by atoms with Crippen LogP contribution in [0.4, 0.5) is 11.4 Å². The second kappa shape index (κ2) is 11.1. The molecule has 1 amide bonds. The maximum Gasteiger partial charge on any atom is 0.255 e. The van der Waals surface area contributed by atoms with E-state index in [1.807, 2.05) is 49.4 Å². The number of ether oxygens (including phenoxy) is 1. The van der Waals surface area contributed by atoms with E-state index < -0.39 is 0 Å². The summed E-state index contributed by atoms with van der Waals surface area (Å²) < 4.78 is 5.57. The number of benzene rings is 2. The number of nitrogens with one attached hydrogen (secondary N) is 2. The molecule has 0 saturated carbocycles. The van der Waals surface area contributed by atoms with Gasteiger partial charge in [-0.05, 0) is 48.9 Å². The fourth-order valence-corrected chi connectivity index (χ4v) is 4.94.